The predicted molar refractivity (Wildman–Crippen MR) is 121 cm³/mol. The first-order valence-electron chi connectivity index (χ1n) is 9.29. The average molecular weight is 481 g/mol. The third-order valence-corrected chi connectivity index (χ3v) is 6.13. The molecule has 31 heavy (non-hydrogen) atoms. The highest BCUT2D eigenvalue weighted by Crippen LogP contribution is 2.37. The Morgan fingerprint density at radius 1 is 1.26 bits per heavy atom. The van der Waals surface area contributed by atoms with E-state index in [1.165, 1.54) is 34.9 Å². The maximum absolute atomic E-state index is 12.4. The quantitative estimate of drug-likeness (QED) is 0.425. The number of nitrogens with zero attached hydrogens (tertiary/aromatic N) is 4. The lowest BCUT2D eigenvalue weighted by atomic mass is 10.1. The van der Waals surface area contributed by atoms with Gasteiger partial charge >= 0.3 is 5.97 Å². The largest absolute Gasteiger partial charge is 0.459 e. The summed E-state index contributed by atoms with van der Waals surface area (Å²) in [5.74, 6) is 1.05. The van der Waals surface area contributed by atoms with Crippen LogP contribution >= 0.6 is 34.7 Å². The Bertz CT molecular complexity index is 1080. The molecule has 3 aromatic rings. The molecule has 0 saturated heterocycles. The summed E-state index contributed by atoms with van der Waals surface area (Å²) >= 11 is 9.04. The molecule has 1 amide bonds. The molecule has 0 radical (unpaired) electrons. The maximum Gasteiger partial charge on any atom is 0.316 e. The van der Waals surface area contributed by atoms with E-state index in [0.717, 1.165) is 11.1 Å². The number of hydrogen-bond donors (Lipinski definition) is 0. The fourth-order valence-corrected chi connectivity index (χ4v) is 4.78. The fourth-order valence-electron chi connectivity index (χ4n) is 2.87. The maximum atomic E-state index is 12.4. The molecule has 0 saturated carbocycles. The molecule has 0 N–H and O–H groups in total. The Labute approximate surface area is 192 Å². The molecule has 0 fully saturated rings. The lowest BCUT2D eigenvalue weighted by Gasteiger charge is -2.22. The molecule has 0 unspecified atom stereocenters. The summed E-state index contributed by atoms with van der Waals surface area (Å²) in [6.45, 7) is 7.02. The van der Waals surface area contributed by atoms with Crippen molar-refractivity contribution in [3.63, 3.8) is 0 Å². The van der Waals surface area contributed by atoms with E-state index in [1.807, 2.05) is 26.0 Å². The number of carbonyl (C=O) groups excluding carboxylic acids is 2. The number of carbonyl (C=O) groups is 2. The highest BCUT2D eigenvalue weighted by molar-refractivity contribution is 7.99. The van der Waals surface area contributed by atoms with E-state index in [-0.39, 0.29) is 24.2 Å². The molecule has 8 nitrogen and oxygen atoms in total. The van der Waals surface area contributed by atoms with Gasteiger partial charge in [0.05, 0.1) is 27.9 Å². The molecule has 164 valence electrons. The van der Waals surface area contributed by atoms with Crippen molar-refractivity contribution < 1.29 is 18.8 Å². The van der Waals surface area contributed by atoms with Gasteiger partial charge in [0.1, 0.15) is 6.61 Å². The van der Waals surface area contributed by atoms with Crippen molar-refractivity contribution in [1.29, 1.82) is 0 Å². The number of anilines is 2. The number of esters is 1. The Morgan fingerprint density at radius 2 is 2.03 bits per heavy atom. The number of benzene rings is 1. The van der Waals surface area contributed by atoms with Gasteiger partial charge in [-0.1, -0.05) is 22.8 Å². The molecule has 11 heteroatoms. The molecular formula is C20H21ClN4O4S2. The highest BCUT2D eigenvalue weighted by Gasteiger charge is 2.23. The molecule has 0 spiro atoms. The zero-order valence-corrected chi connectivity index (χ0v) is 19.9. The number of amides is 1. The van der Waals surface area contributed by atoms with Gasteiger partial charge in [0, 0.05) is 19.2 Å². The number of hydrogen-bond acceptors (Lipinski definition) is 9. The van der Waals surface area contributed by atoms with Gasteiger partial charge in [-0.15, -0.1) is 23.1 Å². The van der Waals surface area contributed by atoms with E-state index in [9.17, 15) is 9.59 Å². The second-order valence-electron chi connectivity index (χ2n) is 6.77. The minimum absolute atomic E-state index is 0.0174. The third-order valence-electron chi connectivity index (χ3n) is 4.07. The first kappa shape index (κ1) is 23.2. The second kappa shape index (κ2) is 10.3. The number of aromatic nitrogens is 3. The van der Waals surface area contributed by atoms with Crippen LogP contribution < -0.4 is 4.90 Å². The van der Waals surface area contributed by atoms with E-state index in [2.05, 4.69) is 15.1 Å². The number of aryl methyl sites for hydroxylation is 3. The van der Waals surface area contributed by atoms with Crippen LogP contribution in [0, 0.1) is 20.8 Å². The van der Waals surface area contributed by atoms with Gasteiger partial charge < -0.3 is 9.26 Å². The third kappa shape index (κ3) is 6.05. The highest BCUT2D eigenvalue weighted by atomic mass is 35.5. The van der Waals surface area contributed by atoms with Crippen molar-refractivity contribution in [1.82, 2.24) is 15.1 Å². The Hall–Kier alpha value is -2.43. The number of thiazole rings is 1. The summed E-state index contributed by atoms with van der Waals surface area (Å²) in [6.07, 6.45) is 0. The topological polar surface area (TPSA) is 98.4 Å². The van der Waals surface area contributed by atoms with Crippen LogP contribution in [-0.2, 0) is 26.7 Å². The zero-order chi connectivity index (χ0) is 22.5. The summed E-state index contributed by atoms with van der Waals surface area (Å²) in [4.78, 5) is 34.4. The van der Waals surface area contributed by atoms with E-state index in [4.69, 9.17) is 20.9 Å². The van der Waals surface area contributed by atoms with Crippen LogP contribution in [0.5, 0.6) is 0 Å². The number of thioether (sulfide) groups is 1. The van der Waals surface area contributed by atoms with Gasteiger partial charge in [0.2, 0.25) is 11.8 Å². The molecule has 1 aromatic carbocycles. The summed E-state index contributed by atoms with van der Waals surface area (Å²) in [5.41, 5.74) is 3.04. The summed E-state index contributed by atoms with van der Waals surface area (Å²) < 4.78 is 10.2. The molecule has 0 atom stereocenters. The van der Waals surface area contributed by atoms with E-state index >= 15 is 0 Å². The molecule has 2 aromatic heterocycles. The number of rotatable bonds is 8. The smallest absolute Gasteiger partial charge is 0.316 e. The molecule has 0 aliphatic heterocycles. The summed E-state index contributed by atoms with van der Waals surface area (Å²) in [6, 6.07) is 3.77. The Morgan fingerprint density at radius 3 is 2.68 bits per heavy atom. The van der Waals surface area contributed by atoms with E-state index in [1.54, 1.807) is 12.3 Å². The first-order chi connectivity index (χ1) is 14.7. The molecule has 3 rings (SSSR count). The normalized spacial score (nSPS) is 10.9. The number of ether oxygens (including phenoxy) is 1. The Balaban J connectivity index is 1.60. The molecule has 0 bridgehead atoms. The molecule has 0 aliphatic carbocycles. The van der Waals surface area contributed by atoms with Crippen molar-refractivity contribution in [2.24, 2.45) is 0 Å². The van der Waals surface area contributed by atoms with Crippen LogP contribution in [0.1, 0.15) is 35.5 Å². The average Bonchev–Trinajstić information content (AvgIpc) is 3.31. The molecular weight excluding hydrogens is 460 g/mol. The SMILES string of the molecule is CC(=O)N(c1nc(COC(=O)CSCc2noc(C)n2)cs1)c1c(C)cc(C)cc1Cl. The zero-order valence-electron chi connectivity index (χ0n) is 17.5. The first-order valence-corrected chi connectivity index (χ1v) is 11.7. The van der Waals surface area contributed by atoms with Crippen LogP contribution in [0.3, 0.4) is 0 Å². The van der Waals surface area contributed by atoms with Crippen molar-refractivity contribution >= 4 is 57.4 Å². The lowest BCUT2D eigenvalue weighted by molar-refractivity contribution is -0.141. The van der Waals surface area contributed by atoms with Gasteiger partial charge in [-0.3, -0.25) is 14.5 Å². The second-order valence-corrected chi connectivity index (χ2v) is 9.00. The predicted octanol–water partition coefficient (Wildman–Crippen LogP) is 4.77. The molecule has 0 aliphatic rings. The van der Waals surface area contributed by atoms with Gasteiger partial charge in [-0.25, -0.2) is 4.98 Å². The minimum atomic E-state index is -0.374. The van der Waals surface area contributed by atoms with Crippen molar-refractivity contribution in [2.75, 3.05) is 10.7 Å². The van der Waals surface area contributed by atoms with Gasteiger partial charge in [-0.05, 0) is 31.0 Å². The fraction of sp³-hybridized carbons (Fsp3) is 0.350. The summed E-state index contributed by atoms with van der Waals surface area (Å²) in [7, 11) is 0. The van der Waals surface area contributed by atoms with Crippen LogP contribution in [0.2, 0.25) is 5.02 Å². The lowest BCUT2D eigenvalue weighted by Crippen LogP contribution is -2.24. The van der Waals surface area contributed by atoms with Gasteiger partial charge in [0.25, 0.3) is 0 Å². The minimum Gasteiger partial charge on any atom is -0.459 e. The van der Waals surface area contributed by atoms with Crippen molar-refractivity contribution in [3.8, 4) is 0 Å². The van der Waals surface area contributed by atoms with Crippen LogP contribution in [0.15, 0.2) is 22.0 Å². The number of halogens is 1. The van der Waals surface area contributed by atoms with Crippen molar-refractivity contribution in [3.05, 3.63) is 51.1 Å². The van der Waals surface area contributed by atoms with Gasteiger partial charge in [0.15, 0.2) is 11.0 Å². The van der Waals surface area contributed by atoms with Crippen LogP contribution in [0.25, 0.3) is 0 Å². The van der Waals surface area contributed by atoms with E-state index in [0.29, 0.717) is 39.0 Å². The van der Waals surface area contributed by atoms with Gasteiger partial charge in [-0.2, -0.15) is 4.98 Å². The van der Waals surface area contributed by atoms with Crippen LogP contribution in [-0.4, -0.2) is 32.8 Å². The standard InChI is InChI=1S/C20H21ClN4O4S2/c1-11-5-12(2)19(16(21)6-11)25(14(4)26)20-23-15(8-31-20)7-28-18(27)10-30-9-17-22-13(3)29-24-17/h5-6,8H,7,9-10H2,1-4H3. The molecule has 2 heterocycles. The Kier molecular flexibility index (Phi) is 7.69. The monoisotopic (exact) mass is 480 g/mol. The van der Waals surface area contributed by atoms with Crippen molar-refractivity contribution in [2.45, 2.75) is 40.1 Å². The van der Waals surface area contributed by atoms with E-state index < -0.39 is 0 Å². The van der Waals surface area contributed by atoms with Crippen LogP contribution in [0.4, 0.5) is 10.8 Å². The summed E-state index contributed by atoms with van der Waals surface area (Å²) in [5, 5.41) is 6.47.